The molecule has 1 amide bonds. The Labute approximate surface area is 139 Å². The van der Waals surface area contributed by atoms with Crippen LogP contribution in [0.25, 0.3) is 5.69 Å². The van der Waals surface area contributed by atoms with E-state index in [0.29, 0.717) is 24.1 Å². The SMILES string of the molecule is CN(C(=O)c1cccc(-n2cncn2)c1)C1(C(=O)O)CCCCC1. The maximum absolute atomic E-state index is 12.9. The van der Waals surface area contributed by atoms with Crippen molar-refractivity contribution >= 4 is 11.9 Å². The minimum absolute atomic E-state index is 0.290. The highest BCUT2D eigenvalue weighted by molar-refractivity contribution is 5.98. The first-order valence-electron chi connectivity index (χ1n) is 8.01. The lowest BCUT2D eigenvalue weighted by atomic mass is 9.80. The minimum Gasteiger partial charge on any atom is -0.479 e. The lowest BCUT2D eigenvalue weighted by Crippen LogP contribution is -2.56. The molecule has 1 aliphatic rings. The number of carboxylic acids is 1. The monoisotopic (exact) mass is 328 g/mol. The van der Waals surface area contributed by atoms with Gasteiger partial charge in [0.15, 0.2) is 0 Å². The maximum atomic E-state index is 12.9. The first-order chi connectivity index (χ1) is 11.5. The van der Waals surface area contributed by atoms with Crippen LogP contribution in [0.15, 0.2) is 36.9 Å². The Morgan fingerprint density at radius 3 is 2.62 bits per heavy atom. The molecule has 1 saturated carbocycles. The summed E-state index contributed by atoms with van der Waals surface area (Å²) in [5.74, 6) is -1.22. The highest BCUT2D eigenvalue weighted by atomic mass is 16.4. The van der Waals surface area contributed by atoms with Crippen molar-refractivity contribution in [1.29, 1.82) is 0 Å². The normalized spacial score (nSPS) is 16.5. The van der Waals surface area contributed by atoms with Crippen molar-refractivity contribution in [2.45, 2.75) is 37.6 Å². The second-order valence-corrected chi connectivity index (χ2v) is 6.15. The summed E-state index contributed by atoms with van der Waals surface area (Å²) in [5.41, 5.74) is 0.0370. The summed E-state index contributed by atoms with van der Waals surface area (Å²) in [7, 11) is 1.59. The van der Waals surface area contributed by atoms with E-state index in [1.165, 1.54) is 11.2 Å². The van der Waals surface area contributed by atoms with E-state index in [-0.39, 0.29) is 5.91 Å². The van der Waals surface area contributed by atoms with Crippen LogP contribution < -0.4 is 0 Å². The molecule has 1 aromatic heterocycles. The van der Waals surface area contributed by atoms with Gasteiger partial charge in [0.2, 0.25) is 0 Å². The molecule has 1 heterocycles. The Bertz CT molecular complexity index is 736. The van der Waals surface area contributed by atoms with Crippen LogP contribution in [0.3, 0.4) is 0 Å². The lowest BCUT2D eigenvalue weighted by molar-refractivity contribution is -0.151. The number of benzene rings is 1. The van der Waals surface area contributed by atoms with Gasteiger partial charge in [0.1, 0.15) is 18.2 Å². The number of carbonyl (C=O) groups excluding carboxylic acids is 1. The molecule has 7 nitrogen and oxygen atoms in total. The second kappa shape index (κ2) is 6.43. The van der Waals surface area contributed by atoms with Gasteiger partial charge >= 0.3 is 5.97 Å². The molecule has 2 aromatic rings. The number of likely N-dealkylation sites (N-methyl/N-ethyl adjacent to an activating group) is 1. The summed E-state index contributed by atoms with van der Waals surface area (Å²) in [4.78, 5) is 30.1. The maximum Gasteiger partial charge on any atom is 0.329 e. The van der Waals surface area contributed by atoms with Gasteiger partial charge in [0.05, 0.1) is 5.69 Å². The highest BCUT2D eigenvalue weighted by Gasteiger charge is 2.45. The summed E-state index contributed by atoms with van der Waals surface area (Å²) in [6.45, 7) is 0. The zero-order chi connectivity index (χ0) is 17.2. The summed E-state index contributed by atoms with van der Waals surface area (Å²) in [6, 6.07) is 6.97. The van der Waals surface area contributed by atoms with Crippen LogP contribution in [0.4, 0.5) is 0 Å². The highest BCUT2D eigenvalue weighted by Crippen LogP contribution is 2.34. The van der Waals surface area contributed by atoms with E-state index in [1.807, 2.05) is 6.07 Å². The number of carboxylic acid groups (broad SMARTS) is 1. The molecular formula is C17H20N4O3. The molecule has 1 aliphatic carbocycles. The number of carbonyl (C=O) groups is 2. The first kappa shape index (κ1) is 16.2. The molecule has 0 spiro atoms. The number of nitrogens with zero attached hydrogens (tertiary/aromatic N) is 4. The third-order valence-corrected chi connectivity index (χ3v) is 4.80. The summed E-state index contributed by atoms with van der Waals surface area (Å²) in [6.07, 6.45) is 6.61. The average Bonchev–Trinajstić information content (AvgIpc) is 3.15. The van der Waals surface area contributed by atoms with E-state index < -0.39 is 11.5 Å². The predicted octanol–water partition coefficient (Wildman–Crippen LogP) is 2.13. The zero-order valence-electron chi connectivity index (χ0n) is 13.6. The third kappa shape index (κ3) is 2.77. The van der Waals surface area contributed by atoms with Gasteiger partial charge in [-0.1, -0.05) is 25.3 Å². The fourth-order valence-corrected chi connectivity index (χ4v) is 3.34. The number of aliphatic carboxylic acids is 1. The number of hydrogen-bond acceptors (Lipinski definition) is 4. The molecule has 0 bridgehead atoms. The fraction of sp³-hybridized carbons (Fsp3) is 0.412. The predicted molar refractivity (Wildman–Crippen MR) is 86.9 cm³/mol. The van der Waals surface area contributed by atoms with Crippen molar-refractivity contribution in [2.24, 2.45) is 0 Å². The summed E-state index contributed by atoms with van der Waals surface area (Å²) >= 11 is 0. The lowest BCUT2D eigenvalue weighted by Gasteiger charge is -2.41. The van der Waals surface area contributed by atoms with Gasteiger partial charge < -0.3 is 10.0 Å². The topological polar surface area (TPSA) is 88.3 Å². The molecule has 1 fully saturated rings. The second-order valence-electron chi connectivity index (χ2n) is 6.15. The fourth-order valence-electron chi connectivity index (χ4n) is 3.34. The van der Waals surface area contributed by atoms with Crippen molar-refractivity contribution in [3.63, 3.8) is 0 Å². The molecule has 0 atom stereocenters. The third-order valence-electron chi connectivity index (χ3n) is 4.80. The van der Waals surface area contributed by atoms with Crippen LogP contribution in [0, 0.1) is 0 Å². The first-order valence-corrected chi connectivity index (χ1v) is 8.01. The Morgan fingerprint density at radius 1 is 1.25 bits per heavy atom. The standard InChI is InChI=1S/C17H20N4O3/c1-20(17(16(23)24)8-3-2-4-9-17)15(22)13-6-5-7-14(10-13)21-12-18-11-19-21/h5-7,10-12H,2-4,8-9H2,1H3,(H,23,24). The molecule has 1 aromatic carbocycles. The van der Waals surface area contributed by atoms with Crippen LogP contribution in [-0.4, -0.2) is 49.2 Å². The van der Waals surface area contributed by atoms with E-state index >= 15 is 0 Å². The molecule has 0 unspecified atom stereocenters. The molecule has 126 valence electrons. The molecule has 24 heavy (non-hydrogen) atoms. The molecule has 3 rings (SSSR count). The van der Waals surface area contributed by atoms with Gasteiger partial charge in [-0.05, 0) is 31.0 Å². The van der Waals surface area contributed by atoms with E-state index in [0.717, 1.165) is 19.3 Å². The number of rotatable bonds is 4. The van der Waals surface area contributed by atoms with E-state index in [1.54, 1.807) is 36.3 Å². The van der Waals surface area contributed by atoms with Gasteiger partial charge in [0.25, 0.3) is 5.91 Å². The van der Waals surface area contributed by atoms with Crippen molar-refractivity contribution in [2.75, 3.05) is 7.05 Å². The number of aromatic nitrogens is 3. The van der Waals surface area contributed by atoms with Crippen molar-refractivity contribution in [1.82, 2.24) is 19.7 Å². The van der Waals surface area contributed by atoms with Crippen LogP contribution in [0.5, 0.6) is 0 Å². The van der Waals surface area contributed by atoms with Gasteiger partial charge in [-0.2, -0.15) is 5.10 Å². The molecule has 0 aliphatic heterocycles. The average molecular weight is 328 g/mol. The Balaban J connectivity index is 1.90. The van der Waals surface area contributed by atoms with Gasteiger partial charge in [-0.25, -0.2) is 14.5 Å². The molecule has 7 heteroatoms. The van der Waals surface area contributed by atoms with Crippen molar-refractivity contribution in [3.8, 4) is 5.69 Å². The Morgan fingerprint density at radius 2 is 2.00 bits per heavy atom. The Kier molecular flexibility index (Phi) is 4.33. The molecule has 0 saturated heterocycles. The van der Waals surface area contributed by atoms with Gasteiger partial charge in [-0.15, -0.1) is 0 Å². The molecule has 1 N–H and O–H groups in total. The van der Waals surface area contributed by atoms with Crippen LogP contribution in [0.2, 0.25) is 0 Å². The van der Waals surface area contributed by atoms with E-state index in [4.69, 9.17) is 0 Å². The van der Waals surface area contributed by atoms with Gasteiger partial charge in [0, 0.05) is 12.6 Å². The van der Waals surface area contributed by atoms with E-state index in [2.05, 4.69) is 10.1 Å². The quantitative estimate of drug-likeness (QED) is 0.929. The van der Waals surface area contributed by atoms with Crippen LogP contribution in [-0.2, 0) is 4.79 Å². The zero-order valence-corrected chi connectivity index (χ0v) is 13.6. The number of amides is 1. The van der Waals surface area contributed by atoms with Crippen molar-refractivity contribution < 1.29 is 14.7 Å². The molecular weight excluding hydrogens is 308 g/mol. The van der Waals surface area contributed by atoms with Crippen LogP contribution >= 0.6 is 0 Å². The van der Waals surface area contributed by atoms with Crippen molar-refractivity contribution in [3.05, 3.63) is 42.5 Å². The number of hydrogen-bond donors (Lipinski definition) is 1. The smallest absolute Gasteiger partial charge is 0.329 e. The summed E-state index contributed by atoms with van der Waals surface area (Å²) in [5, 5.41) is 13.8. The largest absolute Gasteiger partial charge is 0.479 e. The van der Waals surface area contributed by atoms with E-state index in [9.17, 15) is 14.7 Å². The molecule has 0 radical (unpaired) electrons. The minimum atomic E-state index is -1.11. The Hall–Kier alpha value is -2.70. The summed E-state index contributed by atoms with van der Waals surface area (Å²) < 4.78 is 1.56. The van der Waals surface area contributed by atoms with Crippen LogP contribution in [0.1, 0.15) is 42.5 Å². The van der Waals surface area contributed by atoms with Gasteiger partial charge in [-0.3, -0.25) is 4.79 Å².